The highest BCUT2D eigenvalue weighted by molar-refractivity contribution is 5.17. The molecule has 0 saturated heterocycles. The molecular weight excluding hydrogens is 268 g/mol. The van der Waals surface area contributed by atoms with Crippen molar-refractivity contribution in [1.82, 2.24) is 0 Å². The van der Waals surface area contributed by atoms with Crippen LogP contribution in [-0.4, -0.2) is 0 Å². The smallest absolute Gasteiger partial charge is 0.120 e. The first-order chi connectivity index (χ1) is 10.9. The van der Waals surface area contributed by atoms with Crippen LogP contribution in [-0.2, 0) is 4.74 Å². The lowest BCUT2D eigenvalue weighted by Gasteiger charge is -2.14. The summed E-state index contributed by atoms with van der Waals surface area (Å²) < 4.78 is 5.99. The minimum Gasteiger partial charge on any atom is -0.494 e. The van der Waals surface area contributed by atoms with Crippen molar-refractivity contribution >= 4 is 0 Å². The topological polar surface area (TPSA) is 9.23 Å². The molecule has 0 heterocycles. The molecule has 0 aromatic heterocycles. The van der Waals surface area contributed by atoms with Crippen LogP contribution in [0.25, 0.3) is 0 Å². The van der Waals surface area contributed by atoms with Gasteiger partial charge in [0, 0.05) is 0 Å². The molecule has 118 valence electrons. The molecule has 1 aromatic rings. The summed E-state index contributed by atoms with van der Waals surface area (Å²) in [5.41, 5.74) is 2.66. The van der Waals surface area contributed by atoms with Gasteiger partial charge < -0.3 is 4.74 Å². The summed E-state index contributed by atoms with van der Waals surface area (Å²) in [6, 6.07) is 10.4. The zero-order valence-electron chi connectivity index (χ0n) is 13.7. The quantitative estimate of drug-likeness (QED) is 0.456. The molecule has 22 heavy (non-hydrogen) atoms. The SMILES string of the molecule is CC(OC=C1CC/C=C/CC/C=C/CCC1)c1ccccc1. The van der Waals surface area contributed by atoms with Gasteiger partial charge in [0.1, 0.15) is 6.10 Å². The molecule has 0 N–H and O–H groups in total. The monoisotopic (exact) mass is 296 g/mol. The molecule has 0 amide bonds. The molecular formula is C21H28O. The van der Waals surface area contributed by atoms with E-state index >= 15 is 0 Å². The van der Waals surface area contributed by atoms with Crippen LogP contribution in [0.2, 0.25) is 0 Å². The largest absolute Gasteiger partial charge is 0.494 e. The summed E-state index contributed by atoms with van der Waals surface area (Å²) in [5.74, 6) is 0. The van der Waals surface area contributed by atoms with E-state index in [1.165, 1.54) is 30.4 Å². The van der Waals surface area contributed by atoms with Crippen LogP contribution < -0.4 is 0 Å². The Bertz CT molecular complexity index is 496. The zero-order chi connectivity index (χ0) is 15.5. The standard InChI is InChI=1S/C21H28O/c1-19(21-16-12-9-13-17-21)22-18-20-14-10-7-5-3-2-4-6-8-11-15-20/h3,5-6,8-9,12-13,16-19H,2,4,7,10-11,14-15H2,1H3/b5-3+,8-6+,20-18?. The molecule has 0 aliphatic heterocycles. The van der Waals surface area contributed by atoms with Gasteiger partial charge in [-0.25, -0.2) is 0 Å². The molecule has 1 nitrogen and oxygen atoms in total. The van der Waals surface area contributed by atoms with E-state index in [2.05, 4.69) is 55.5 Å². The van der Waals surface area contributed by atoms with Gasteiger partial charge in [-0.1, -0.05) is 54.6 Å². The van der Waals surface area contributed by atoms with Crippen molar-refractivity contribution in [3.05, 3.63) is 72.0 Å². The van der Waals surface area contributed by atoms with Crippen LogP contribution in [0.15, 0.2) is 66.5 Å². The second kappa shape index (κ2) is 10.0. The van der Waals surface area contributed by atoms with Crippen molar-refractivity contribution in [2.75, 3.05) is 0 Å². The third-order valence-electron chi connectivity index (χ3n) is 4.04. The van der Waals surface area contributed by atoms with E-state index in [0.717, 1.165) is 25.7 Å². The van der Waals surface area contributed by atoms with E-state index in [4.69, 9.17) is 4.74 Å². The average Bonchev–Trinajstić information content (AvgIpc) is 2.55. The lowest BCUT2D eigenvalue weighted by atomic mass is 10.0. The van der Waals surface area contributed by atoms with E-state index in [0.29, 0.717) is 0 Å². The van der Waals surface area contributed by atoms with Gasteiger partial charge >= 0.3 is 0 Å². The van der Waals surface area contributed by atoms with E-state index in [1.807, 2.05) is 12.3 Å². The Labute approximate surface area is 135 Å². The van der Waals surface area contributed by atoms with Gasteiger partial charge in [0.15, 0.2) is 0 Å². The predicted octanol–water partition coefficient (Wildman–Crippen LogP) is 6.50. The molecule has 0 fully saturated rings. The number of allylic oxidation sites excluding steroid dienone is 5. The zero-order valence-corrected chi connectivity index (χ0v) is 13.7. The summed E-state index contributed by atoms with van der Waals surface area (Å²) in [6.45, 7) is 2.12. The molecule has 0 saturated carbocycles. The van der Waals surface area contributed by atoms with Gasteiger partial charge in [-0.15, -0.1) is 0 Å². The lowest BCUT2D eigenvalue weighted by molar-refractivity contribution is 0.160. The Morgan fingerprint density at radius 1 is 0.864 bits per heavy atom. The summed E-state index contributed by atoms with van der Waals surface area (Å²) in [6.07, 6.45) is 19.5. The third-order valence-corrected chi connectivity index (χ3v) is 4.04. The highest BCUT2D eigenvalue weighted by Crippen LogP contribution is 2.21. The van der Waals surface area contributed by atoms with Crippen LogP contribution in [0.1, 0.15) is 63.5 Å². The minimum absolute atomic E-state index is 0.116. The summed E-state index contributed by atoms with van der Waals surface area (Å²) >= 11 is 0. The van der Waals surface area contributed by atoms with Crippen LogP contribution in [0, 0.1) is 0 Å². The van der Waals surface area contributed by atoms with Crippen molar-refractivity contribution in [3.63, 3.8) is 0 Å². The fourth-order valence-corrected chi connectivity index (χ4v) is 2.62. The van der Waals surface area contributed by atoms with Crippen molar-refractivity contribution < 1.29 is 4.74 Å². The van der Waals surface area contributed by atoms with E-state index in [9.17, 15) is 0 Å². The molecule has 1 heteroatoms. The molecule has 1 aliphatic rings. The highest BCUT2D eigenvalue weighted by atomic mass is 16.5. The molecule has 1 atom stereocenters. The third kappa shape index (κ3) is 6.34. The lowest BCUT2D eigenvalue weighted by Crippen LogP contribution is -1.96. The van der Waals surface area contributed by atoms with E-state index < -0.39 is 0 Å². The maximum Gasteiger partial charge on any atom is 0.120 e. The number of ether oxygens (including phenoxy) is 1. The number of hydrogen-bond donors (Lipinski definition) is 0. The molecule has 0 spiro atoms. The Hall–Kier alpha value is -1.76. The summed E-state index contributed by atoms with van der Waals surface area (Å²) in [5, 5.41) is 0. The molecule has 2 rings (SSSR count). The normalized spacial score (nSPS) is 23.0. The first-order valence-corrected chi connectivity index (χ1v) is 8.54. The van der Waals surface area contributed by atoms with Gasteiger partial charge in [0.25, 0.3) is 0 Å². The van der Waals surface area contributed by atoms with Crippen molar-refractivity contribution in [3.8, 4) is 0 Å². The Balaban J connectivity index is 1.91. The maximum absolute atomic E-state index is 5.99. The highest BCUT2D eigenvalue weighted by Gasteiger charge is 2.05. The van der Waals surface area contributed by atoms with Crippen LogP contribution in [0.4, 0.5) is 0 Å². The van der Waals surface area contributed by atoms with E-state index in [1.54, 1.807) is 0 Å². The van der Waals surface area contributed by atoms with Gasteiger partial charge in [-0.3, -0.25) is 0 Å². The van der Waals surface area contributed by atoms with E-state index in [-0.39, 0.29) is 6.10 Å². The van der Waals surface area contributed by atoms with Crippen molar-refractivity contribution in [2.24, 2.45) is 0 Å². The summed E-state index contributed by atoms with van der Waals surface area (Å²) in [4.78, 5) is 0. The van der Waals surface area contributed by atoms with Crippen molar-refractivity contribution in [2.45, 2.75) is 58.0 Å². The molecule has 1 unspecified atom stereocenters. The van der Waals surface area contributed by atoms with Gasteiger partial charge in [-0.05, 0) is 63.0 Å². The minimum atomic E-state index is 0.116. The number of hydrogen-bond acceptors (Lipinski definition) is 1. The fraction of sp³-hybridized carbons (Fsp3) is 0.429. The first-order valence-electron chi connectivity index (χ1n) is 8.54. The molecule has 1 aliphatic carbocycles. The summed E-state index contributed by atoms with van der Waals surface area (Å²) in [7, 11) is 0. The van der Waals surface area contributed by atoms with Gasteiger partial charge in [0.2, 0.25) is 0 Å². The van der Waals surface area contributed by atoms with Gasteiger partial charge in [-0.2, -0.15) is 0 Å². The molecule has 0 bridgehead atoms. The maximum atomic E-state index is 5.99. The predicted molar refractivity (Wildman–Crippen MR) is 94.6 cm³/mol. The Kier molecular flexibility index (Phi) is 7.59. The van der Waals surface area contributed by atoms with Gasteiger partial charge in [0.05, 0.1) is 6.26 Å². The van der Waals surface area contributed by atoms with Crippen LogP contribution in [0.5, 0.6) is 0 Å². The second-order valence-electron chi connectivity index (χ2n) is 5.92. The Morgan fingerprint density at radius 2 is 1.55 bits per heavy atom. The average molecular weight is 296 g/mol. The fourth-order valence-electron chi connectivity index (χ4n) is 2.62. The number of benzene rings is 1. The van der Waals surface area contributed by atoms with Crippen LogP contribution >= 0.6 is 0 Å². The van der Waals surface area contributed by atoms with Crippen LogP contribution in [0.3, 0.4) is 0 Å². The second-order valence-corrected chi connectivity index (χ2v) is 5.92. The molecule has 1 aromatic carbocycles. The van der Waals surface area contributed by atoms with Crippen molar-refractivity contribution in [1.29, 1.82) is 0 Å². The molecule has 0 radical (unpaired) electrons. The first kappa shape index (κ1) is 16.6. The number of rotatable bonds is 3. The Morgan fingerprint density at radius 3 is 2.32 bits per heavy atom.